The second kappa shape index (κ2) is 6.07. The number of hydrogen-bond donors (Lipinski definition) is 1. The van der Waals surface area contributed by atoms with Crippen LogP contribution in [0.3, 0.4) is 0 Å². The minimum absolute atomic E-state index is 0.140. The molecule has 2 rings (SSSR count). The Morgan fingerprint density at radius 3 is 2.68 bits per heavy atom. The van der Waals surface area contributed by atoms with E-state index in [2.05, 4.69) is 57.2 Å². The first-order valence-corrected chi connectivity index (χ1v) is 7.74. The zero-order valence-electron chi connectivity index (χ0n) is 11.3. The smallest absolute Gasteiger partial charge is 0.166 e. The van der Waals surface area contributed by atoms with Crippen LogP contribution in [0.25, 0.3) is 10.7 Å². The third-order valence-electron chi connectivity index (χ3n) is 2.41. The van der Waals surface area contributed by atoms with Crippen LogP contribution in [0.2, 0.25) is 0 Å². The molecular formula is C13H17BrN4S. The van der Waals surface area contributed by atoms with Crippen LogP contribution < -0.4 is 5.32 Å². The van der Waals surface area contributed by atoms with Gasteiger partial charge in [0.1, 0.15) is 10.7 Å². The second-order valence-corrected chi connectivity index (χ2v) is 7.27. The van der Waals surface area contributed by atoms with Crippen molar-refractivity contribution in [3.8, 4) is 10.7 Å². The fraction of sp³-hybridized carbons (Fsp3) is 0.462. The highest BCUT2D eigenvalue weighted by Crippen LogP contribution is 2.22. The molecule has 0 aromatic carbocycles. The molecule has 0 atom stereocenters. The Labute approximate surface area is 125 Å². The normalized spacial score (nSPS) is 11.8. The van der Waals surface area contributed by atoms with Crippen LogP contribution in [0.1, 0.15) is 25.8 Å². The first kappa shape index (κ1) is 14.6. The second-order valence-electron chi connectivity index (χ2n) is 5.29. The van der Waals surface area contributed by atoms with Gasteiger partial charge in [0.25, 0.3) is 0 Å². The quantitative estimate of drug-likeness (QED) is 0.927. The summed E-state index contributed by atoms with van der Waals surface area (Å²) in [5.74, 6) is 0. The minimum Gasteiger partial charge on any atom is -0.312 e. The molecule has 0 aliphatic heterocycles. The summed E-state index contributed by atoms with van der Waals surface area (Å²) in [6.07, 6.45) is 2.67. The van der Waals surface area contributed by atoms with E-state index in [0.29, 0.717) is 0 Å². The maximum Gasteiger partial charge on any atom is 0.166 e. The van der Waals surface area contributed by atoms with Gasteiger partial charge in [0.05, 0.1) is 0 Å². The van der Waals surface area contributed by atoms with Gasteiger partial charge in [-0.15, -0.1) is 10.2 Å². The molecule has 19 heavy (non-hydrogen) atoms. The molecule has 0 unspecified atom stereocenters. The van der Waals surface area contributed by atoms with E-state index in [9.17, 15) is 0 Å². The molecule has 0 saturated carbocycles. The predicted molar refractivity (Wildman–Crippen MR) is 82.3 cm³/mol. The van der Waals surface area contributed by atoms with E-state index in [4.69, 9.17) is 0 Å². The van der Waals surface area contributed by atoms with Crippen molar-refractivity contribution < 1.29 is 0 Å². The van der Waals surface area contributed by atoms with Gasteiger partial charge in [-0.1, -0.05) is 11.3 Å². The van der Waals surface area contributed by atoms with Crippen LogP contribution in [0.4, 0.5) is 0 Å². The lowest BCUT2D eigenvalue weighted by Crippen LogP contribution is -2.37. The zero-order valence-corrected chi connectivity index (χ0v) is 13.7. The number of halogens is 1. The first-order valence-electron chi connectivity index (χ1n) is 6.13. The van der Waals surface area contributed by atoms with Crippen molar-refractivity contribution in [3.05, 3.63) is 27.8 Å². The summed E-state index contributed by atoms with van der Waals surface area (Å²) in [5.41, 5.74) is 1.01. The highest BCUT2D eigenvalue weighted by molar-refractivity contribution is 9.10. The Morgan fingerprint density at radius 2 is 2.05 bits per heavy atom. The van der Waals surface area contributed by atoms with E-state index in [1.165, 1.54) is 0 Å². The molecule has 0 amide bonds. The van der Waals surface area contributed by atoms with E-state index in [0.717, 1.165) is 33.1 Å². The van der Waals surface area contributed by atoms with E-state index in [-0.39, 0.29) is 5.54 Å². The molecule has 2 aromatic heterocycles. The largest absolute Gasteiger partial charge is 0.312 e. The molecule has 1 N–H and O–H groups in total. The van der Waals surface area contributed by atoms with E-state index in [1.807, 2.05) is 12.1 Å². The fourth-order valence-electron chi connectivity index (χ4n) is 1.50. The Hall–Kier alpha value is -0.850. The lowest BCUT2D eigenvalue weighted by atomic mass is 10.1. The third-order valence-corrected chi connectivity index (χ3v) is 3.88. The maximum atomic E-state index is 4.33. The molecule has 0 spiro atoms. The monoisotopic (exact) mass is 340 g/mol. The standard InChI is InChI=1S/C13H17BrN4S/c1-13(2,3)16-7-6-11-17-18-12(19-11)10-5-4-9(14)8-15-10/h4-5,8,16H,6-7H2,1-3H3. The predicted octanol–water partition coefficient (Wildman–Crippen LogP) is 3.29. The maximum absolute atomic E-state index is 4.33. The molecule has 2 heterocycles. The van der Waals surface area contributed by atoms with E-state index >= 15 is 0 Å². The van der Waals surface area contributed by atoms with Gasteiger partial charge in [-0.2, -0.15) is 0 Å². The molecule has 0 saturated heterocycles. The van der Waals surface area contributed by atoms with Gasteiger partial charge in [-0.05, 0) is 48.8 Å². The fourth-order valence-corrected chi connectivity index (χ4v) is 2.56. The van der Waals surface area contributed by atoms with Crippen LogP contribution in [0.5, 0.6) is 0 Å². The van der Waals surface area contributed by atoms with Gasteiger partial charge in [0, 0.05) is 29.2 Å². The van der Waals surface area contributed by atoms with Crippen LogP contribution in [0, 0.1) is 0 Å². The van der Waals surface area contributed by atoms with Crippen molar-refractivity contribution in [3.63, 3.8) is 0 Å². The number of rotatable bonds is 4. The number of hydrogen-bond acceptors (Lipinski definition) is 5. The summed E-state index contributed by atoms with van der Waals surface area (Å²) in [5, 5.41) is 13.8. The summed E-state index contributed by atoms with van der Waals surface area (Å²) in [6.45, 7) is 7.38. The summed E-state index contributed by atoms with van der Waals surface area (Å²) < 4.78 is 0.968. The number of aromatic nitrogens is 3. The number of nitrogens with zero attached hydrogens (tertiary/aromatic N) is 3. The summed E-state index contributed by atoms with van der Waals surface area (Å²) in [7, 11) is 0. The number of pyridine rings is 1. The van der Waals surface area contributed by atoms with Gasteiger partial charge in [-0.25, -0.2) is 0 Å². The number of nitrogens with one attached hydrogen (secondary N) is 1. The summed E-state index contributed by atoms with van der Waals surface area (Å²) in [6, 6.07) is 3.91. The Morgan fingerprint density at radius 1 is 1.26 bits per heavy atom. The molecule has 6 heteroatoms. The van der Waals surface area contributed by atoms with Crippen LogP contribution in [-0.2, 0) is 6.42 Å². The zero-order chi connectivity index (χ0) is 13.9. The molecule has 2 aromatic rings. The molecule has 0 aliphatic rings. The molecule has 0 fully saturated rings. The highest BCUT2D eigenvalue weighted by atomic mass is 79.9. The average Bonchev–Trinajstić information content (AvgIpc) is 2.77. The summed E-state index contributed by atoms with van der Waals surface area (Å²) in [4.78, 5) is 4.33. The van der Waals surface area contributed by atoms with Crippen molar-refractivity contribution in [1.82, 2.24) is 20.5 Å². The lowest BCUT2D eigenvalue weighted by Gasteiger charge is -2.19. The van der Waals surface area contributed by atoms with Gasteiger partial charge in [0.15, 0.2) is 5.01 Å². The molecular weight excluding hydrogens is 324 g/mol. The Bertz CT molecular complexity index is 530. The van der Waals surface area contributed by atoms with E-state index in [1.54, 1.807) is 17.5 Å². The van der Waals surface area contributed by atoms with Crippen molar-refractivity contribution in [2.24, 2.45) is 0 Å². The van der Waals surface area contributed by atoms with Crippen molar-refractivity contribution in [2.75, 3.05) is 6.54 Å². The van der Waals surface area contributed by atoms with Gasteiger partial charge >= 0.3 is 0 Å². The van der Waals surface area contributed by atoms with Crippen molar-refractivity contribution in [2.45, 2.75) is 32.7 Å². The minimum atomic E-state index is 0.140. The van der Waals surface area contributed by atoms with Crippen molar-refractivity contribution >= 4 is 27.3 Å². The van der Waals surface area contributed by atoms with Crippen molar-refractivity contribution in [1.29, 1.82) is 0 Å². The van der Waals surface area contributed by atoms with Gasteiger partial charge < -0.3 is 5.32 Å². The SMILES string of the molecule is CC(C)(C)NCCc1nnc(-c2ccc(Br)cn2)s1. The Kier molecular flexibility index (Phi) is 4.65. The van der Waals surface area contributed by atoms with Gasteiger partial charge in [0.2, 0.25) is 0 Å². The average molecular weight is 341 g/mol. The molecule has 102 valence electrons. The molecule has 0 radical (unpaired) electrons. The van der Waals surface area contributed by atoms with E-state index < -0.39 is 0 Å². The lowest BCUT2D eigenvalue weighted by molar-refractivity contribution is 0.429. The van der Waals surface area contributed by atoms with Gasteiger partial charge in [-0.3, -0.25) is 4.98 Å². The van der Waals surface area contributed by atoms with Crippen LogP contribution in [-0.4, -0.2) is 27.3 Å². The Balaban J connectivity index is 1.97. The summed E-state index contributed by atoms with van der Waals surface area (Å²) >= 11 is 4.97. The van der Waals surface area contributed by atoms with Crippen LogP contribution in [0.15, 0.2) is 22.8 Å². The topological polar surface area (TPSA) is 50.7 Å². The molecule has 0 aliphatic carbocycles. The first-order chi connectivity index (χ1) is 8.94. The molecule has 0 bridgehead atoms. The highest BCUT2D eigenvalue weighted by Gasteiger charge is 2.10. The van der Waals surface area contributed by atoms with Crippen LogP contribution >= 0.6 is 27.3 Å². The third kappa shape index (κ3) is 4.63. The molecule has 4 nitrogen and oxygen atoms in total.